The van der Waals surface area contributed by atoms with Gasteiger partial charge < -0.3 is 15.3 Å². The molecule has 1 saturated heterocycles. The van der Waals surface area contributed by atoms with Gasteiger partial charge in [0.2, 0.25) is 5.91 Å². The van der Waals surface area contributed by atoms with Gasteiger partial charge in [0.15, 0.2) is 5.82 Å². The van der Waals surface area contributed by atoms with Crippen molar-refractivity contribution in [2.75, 3.05) is 16.8 Å². The summed E-state index contributed by atoms with van der Waals surface area (Å²) in [5, 5.41) is 12.3. The van der Waals surface area contributed by atoms with Crippen LogP contribution < -0.4 is 10.2 Å². The molecule has 1 amide bonds. The molecule has 2 aliphatic rings. The summed E-state index contributed by atoms with van der Waals surface area (Å²) in [7, 11) is 0. The van der Waals surface area contributed by atoms with Crippen LogP contribution in [-0.2, 0) is 4.79 Å². The van der Waals surface area contributed by atoms with E-state index >= 15 is 0 Å². The molecule has 15 heavy (non-hydrogen) atoms. The van der Waals surface area contributed by atoms with Gasteiger partial charge in [-0.1, -0.05) is 0 Å². The summed E-state index contributed by atoms with van der Waals surface area (Å²) in [5.74, 6) is 0.519. The zero-order valence-electron chi connectivity index (χ0n) is 8.05. The van der Waals surface area contributed by atoms with Gasteiger partial charge in [-0.25, -0.2) is 4.98 Å². The lowest BCUT2D eigenvalue weighted by Gasteiger charge is -2.31. The van der Waals surface area contributed by atoms with E-state index in [9.17, 15) is 9.90 Å². The summed E-state index contributed by atoms with van der Waals surface area (Å²) in [6.45, 7) is 0.511. The molecular formula is C10H11N3O2. The van der Waals surface area contributed by atoms with Gasteiger partial charge in [-0.2, -0.15) is 0 Å². The van der Waals surface area contributed by atoms with Crippen molar-refractivity contribution in [1.29, 1.82) is 0 Å². The standard InChI is InChI=1S/C10H11N3O2/c14-6-4-8-10(15)12-9-7(13(8)5-6)2-1-3-11-9/h1-3,6,8,14H,4-5H2,(H,11,12,15)/t6-,8+/m1/s1. The van der Waals surface area contributed by atoms with Crippen LogP contribution in [0.5, 0.6) is 0 Å². The number of pyridine rings is 1. The smallest absolute Gasteiger partial charge is 0.248 e. The molecule has 1 aromatic heterocycles. The summed E-state index contributed by atoms with van der Waals surface area (Å²) in [6.07, 6.45) is 1.72. The first-order valence-corrected chi connectivity index (χ1v) is 4.96. The Kier molecular flexibility index (Phi) is 1.70. The second kappa shape index (κ2) is 2.93. The number of aliphatic hydroxyl groups excluding tert-OH is 1. The van der Waals surface area contributed by atoms with E-state index in [1.807, 2.05) is 17.0 Å². The predicted molar refractivity (Wildman–Crippen MR) is 54.6 cm³/mol. The SMILES string of the molecule is O=C1Nc2ncccc2N2C[C@H](O)C[C@@H]12. The number of carbonyl (C=O) groups is 1. The van der Waals surface area contributed by atoms with Crippen molar-refractivity contribution in [3.8, 4) is 0 Å². The predicted octanol–water partition coefficient (Wildman–Crippen LogP) is -0.0267. The van der Waals surface area contributed by atoms with Gasteiger partial charge in [0.05, 0.1) is 11.8 Å². The van der Waals surface area contributed by atoms with Crippen LogP contribution in [0.25, 0.3) is 0 Å². The first-order valence-electron chi connectivity index (χ1n) is 4.96. The minimum Gasteiger partial charge on any atom is -0.391 e. The molecule has 0 spiro atoms. The topological polar surface area (TPSA) is 65.5 Å². The number of fused-ring (bicyclic) bond motifs is 3. The Hall–Kier alpha value is -1.62. The van der Waals surface area contributed by atoms with Crippen molar-refractivity contribution in [3.63, 3.8) is 0 Å². The molecule has 0 saturated carbocycles. The minimum absolute atomic E-state index is 0.0715. The number of hydrogen-bond donors (Lipinski definition) is 2. The lowest BCUT2D eigenvalue weighted by Crippen LogP contribution is -2.44. The number of aromatic nitrogens is 1. The Morgan fingerprint density at radius 1 is 1.60 bits per heavy atom. The first-order chi connectivity index (χ1) is 7.25. The Labute approximate surface area is 86.7 Å². The number of amides is 1. The lowest BCUT2D eigenvalue weighted by molar-refractivity contribution is -0.117. The number of hydrogen-bond acceptors (Lipinski definition) is 4. The molecule has 0 aliphatic carbocycles. The van der Waals surface area contributed by atoms with Crippen LogP contribution in [0.15, 0.2) is 18.3 Å². The molecular weight excluding hydrogens is 194 g/mol. The number of anilines is 2. The molecule has 0 aromatic carbocycles. The summed E-state index contributed by atoms with van der Waals surface area (Å²) in [6, 6.07) is 3.50. The summed E-state index contributed by atoms with van der Waals surface area (Å²) in [5.41, 5.74) is 0.902. The van der Waals surface area contributed by atoms with Crippen LogP contribution in [0.1, 0.15) is 6.42 Å². The quantitative estimate of drug-likeness (QED) is 0.624. The zero-order valence-corrected chi connectivity index (χ0v) is 8.05. The third-order valence-corrected chi connectivity index (χ3v) is 2.92. The lowest BCUT2D eigenvalue weighted by atomic mass is 10.1. The molecule has 2 N–H and O–H groups in total. The fraction of sp³-hybridized carbons (Fsp3) is 0.400. The fourth-order valence-electron chi connectivity index (χ4n) is 2.25. The van der Waals surface area contributed by atoms with Crippen molar-refractivity contribution < 1.29 is 9.90 Å². The second-order valence-corrected chi connectivity index (χ2v) is 3.92. The van der Waals surface area contributed by atoms with E-state index in [0.717, 1.165) is 5.69 Å². The molecule has 78 valence electrons. The highest BCUT2D eigenvalue weighted by Crippen LogP contribution is 2.34. The summed E-state index contributed by atoms with van der Waals surface area (Å²) in [4.78, 5) is 17.7. The highest BCUT2D eigenvalue weighted by Gasteiger charge is 2.40. The Morgan fingerprint density at radius 3 is 3.33 bits per heavy atom. The van der Waals surface area contributed by atoms with E-state index < -0.39 is 6.10 Å². The number of rotatable bonds is 0. The molecule has 0 bridgehead atoms. The Morgan fingerprint density at radius 2 is 2.47 bits per heavy atom. The third kappa shape index (κ3) is 1.20. The second-order valence-electron chi connectivity index (χ2n) is 3.92. The van der Waals surface area contributed by atoms with Gasteiger partial charge in [0.1, 0.15) is 6.04 Å². The molecule has 3 heterocycles. The fourth-order valence-corrected chi connectivity index (χ4v) is 2.25. The van der Waals surface area contributed by atoms with Crippen LogP contribution in [0.3, 0.4) is 0 Å². The van der Waals surface area contributed by atoms with E-state index in [1.165, 1.54) is 0 Å². The summed E-state index contributed by atoms with van der Waals surface area (Å²) >= 11 is 0. The van der Waals surface area contributed by atoms with Gasteiger partial charge in [0.25, 0.3) is 0 Å². The van der Waals surface area contributed by atoms with Gasteiger partial charge in [-0.05, 0) is 12.1 Å². The third-order valence-electron chi connectivity index (χ3n) is 2.92. The average Bonchev–Trinajstić information content (AvgIpc) is 2.61. The maximum absolute atomic E-state index is 11.7. The normalized spacial score (nSPS) is 28.3. The molecule has 1 fully saturated rings. The van der Waals surface area contributed by atoms with E-state index in [-0.39, 0.29) is 11.9 Å². The number of carbonyl (C=O) groups excluding carboxylic acids is 1. The van der Waals surface area contributed by atoms with Crippen molar-refractivity contribution in [3.05, 3.63) is 18.3 Å². The van der Waals surface area contributed by atoms with Crippen molar-refractivity contribution in [2.24, 2.45) is 0 Å². The zero-order chi connectivity index (χ0) is 10.4. The van der Waals surface area contributed by atoms with Crippen molar-refractivity contribution in [1.82, 2.24) is 4.98 Å². The molecule has 5 nitrogen and oxygen atoms in total. The van der Waals surface area contributed by atoms with E-state index in [0.29, 0.717) is 18.8 Å². The molecule has 0 radical (unpaired) electrons. The van der Waals surface area contributed by atoms with E-state index in [2.05, 4.69) is 10.3 Å². The van der Waals surface area contributed by atoms with Gasteiger partial charge in [0, 0.05) is 19.2 Å². The first kappa shape index (κ1) is 8.67. The number of aliphatic hydroxyl groups is 1. The molecule has 5 heteroatoms. The molecule has 0 unspecified atom stereocenters. The van der Waals surface area contributed by atoms with E-state index in [1.54, 1.807) is 6.20 Å². The van der Waals surface area contributed by atoms with Crippen molar-refractivity contribution >= 4 is 17.4 Å². The molecule has 1 aromatic rings. The monoisotopic (exact) mass is 205 g/mol. The maximum atomic E-state index is 11.7. The van der Waals surface area contributed by atoms with Crippen molar-refractivity contribution in [2.45, 2.75) is 18.6 Å². The van der Waals surface area contributed by atoms with Crippen LogP contribution in [0.2, 0.25) is 0 Å². The molecule has 2 aliphatic heterocycles. The van der Waals surface area contributed by atoms with Crippen LogP contribution in [-0.4, -0.2) is 34.7 Å². The Balaban J connectivity index is 2.08. The van der Waals surface area contributed by atoms with Crippen LogP contribution >= 0.6 is 0 Å². The minimum atomic E-state index is -0.424. The van der Waals surface area contributed by atoms with Gasteiger partial charge in [-0.3, -0.25) is 4.79 Å². The average molecular weight is 205 g/mol. The summed E-state index contributed by atoms with van der Waals surface area (Å²) < 4.78 is 0. The van der Waals surface area contributed by atoms with Crippen LogP contribution in [0.4, 0.5) is 11.5 Å². The number of nitrogens with zero attached hydrogens (tertiary/aromatic N) is 2. The van der Waals surface area contributed by atoms with Crippen LogP contribution in [0, 0.1) is 0 Å². The van der Waals surface area contributed by atoms with E-state index in [4.69, 9.17) is 0 Å². The number of nitrogens with one attached hydrogen (secondary N) is 1. The Bertz CT molecular complexity index is 421. The molecule has 3 rings (SSSR count). The highest BCUT2D eigenvalue weighted by molar-refractivity contribution is 6.02. The molecule has 2 atom stereocenters. The van der Waals surface area contributed by atoms with Gasteiger partial charge in [-0.15, -0.1) is 0 Å². The largest absolute Gasteiger partial charge is 0.391 e. The van der Waals surface area contributed by atoms with Gasteiger partial charge >= 0.3 is 0 Å². The maximum Gasteiger partial charge on any atom is 0.248 e. The highest BCUT2D eigenvalue weighted by atomic mass is 16.3.